The van der Waals surface area contributed by atoms with Gasteiger partial charge in [-0.25, -0.2) is 0 Å². The minimum Gasteiger partial charge on any atom is -0.481 e. The molecule has 6 nitrogen and oxygen atoms in total. The van der Waals surface area contributed by atoms with Crippen molar-refractivity contribution in [2.24, 2.45) is 10.7 Å². The number of amidine groups is 1. The first kappa shape index (κ1) is 12.5. The maximum Gasteiger partial charge on any atom is 0.493 e. The highest BCUT2D eigenvalue weighted by atomic mass is 16.5. The predicted molar refractivity (Wildman–Crippen MR) is 53.1 cm³/mol. The molecule has 0 bridgehead atoms. The lowest BCUT2D eigenvalue weighted by atomic mass is 9.79. The lowest BCUT2D eigenvalue weighted by Crippen LogP contribution is -2.19. The molecule has 14 heavy (non-hydrogen) atoms. The van der Waals surface area contributed by atoms with Crippen LogP contribution in [0.25, 0.3) is 0 Å². The summed E-state index contributed by atoms with van der Waals surface area (Å²) in [5.74, 6) is -0.0608. The van der Waals surface area contributed by atoms with E-state index < -0.39 is 7.12 Å². The van der Waals surface area contributed by atoms with Crippen molar-refractivity contribution in [1.29, 1.82) is 0 Å². The smallest absolute Gasteiger partial charge is 0.481 e. The third-order valence-electron chi connectivity index (χ3n) is 1.36. The number of ether oxygens (including phenoxy) is 2. The zero-order chi connectivity index (χ0) is 11.1. The Labute approximate surface area is 82.5 Å². The van der Waals surface area contributed by atoms with E-state index in [0.717, 1.165) is 0 Å². The van der Waals surface area contributed by atoms with E-state index in [1.54, 1.807) is 0 Å². The standard InChI is InChI=1S/C7H13BN2O4/c1-4-5(8(11)12)6(13-2)10-7(9)14-3/h4,11-12H,1H2,2-3H3,(H2,9,10)/b6-5-. The van der Waals surface area contributed by atoms with Gasteiger partial charge in [-0.05, 0) is 0 Å². The van der Waals surface area contributed by atoms with E-state index in [4.69, 9.17) is 20.5 Å². The van der Waals surface area contributed by atoms with Gasteiger partial charge in [0.25, 0.3) is 6.02 Å². The summed E-state index contributed by atoms with van der Waals surface area (Å²) in [5.41, 5.74) is 5.27. The van der Waals surface area contributed by atoms with Crippen LogP contribution in [0.2, 0.25) is 0 Å². The SMILES string of the molecule is C=C/C(B(O)O)=C(\N=C(N)OC)OC. The first-order valence-electron chi connectivity index (χ1n) is 3.71. The molecule has 0 amide bonds. The van der Waals surface area contributed by atoms with Gasteiger partial charge in [0.2, 0.25) is 5.88 Å². The molecule has 0 aromatic heterocycles. The van der Waals surface area contributed by atoms with Crippen molar-refractivity contribution < 1.29 is 19.5 Å². The van der Waals surface area contributed by atoms with Crippen LogP contribution in [-0.4, -0.2) is 37.4 Å². The molecule has 0 atom stereocenters. The molecule has 0 fully saturated rings. The summed E-state index contributed by atoms with van der Waals surface area (Å²) in [6.07, 6.45) is 1.20. The van der Waals surface area contributed by atoms with Crippen molar-refractivity contribution in [3.8, 4) is 0 Å². The second kappa shape index (κ2) is 6.06. The Bertz CT molecular complexity index is 262. The van der Waals surface area contributed by atoms with Crippen LogP contribution in [-0.2, 0) is 9.47 Å². The van der Waals surface area contributed by atoms with Crippen LogP contribution >= 0.6 is 0 Å². The van der Waals surface area contributed by atoms with E-state index in [1.165, 1.54) is 20.3 Å². The fourth-order valence-corrected chi connectivity index (χ4v) is 0.677. The maximum atomic E-state index is 8.89. The molecule has 78 valence electrons. The van der Waals surface area contributed by atoms with Crippen molar-refractivity contribution in [1.82, 2.24) is 0 Å². The number of rotatable bonds is 4. The highest BCUT2D eigenvalue weighted by molar-refractivity contribution is 6.51. The van der Waals surface area contributed by atoms with Gasteiger partial charge < -0.3 is 25.3 Å². The Morgan fingerprint density at radius 3 is 2.29 bits per heavy atom. The monoisotopic (exact) mass is 200 g/mol. The fourth-order valence-electron chi connectivity index (χ4n) is 0.677. The molecule has 0 saturated carbocycles. The number of methoxy groups -OCH3 is 2. The Morgan fingerprint density at radius 1 is 1.43 bits per heavy atom. The minimum atomic E-state index is -1.73. The third-order valence-corrected chi connectivity index (χ3v) is 1.36. The topological polar surface area (TPSA) is 97.3 Å². The Balaban J connectivity index is 5.09. The molecule has 0 spiro atoms. The molecule has 0 unspecified atom stereocenters. The number of aliphatic imine (C=N–C) groups is 1. The molecule has 7 heteroatoms. The van der Waals surface area contributed by atoms with Gasteiger partial charge in [0, 0.05) is 5.47 Å². The quantitative estimate of drug-likeness (QED) is 0.178. The third kappa shape index (κ3) is 3.50. The number of hydrogen-bond acceptors (Lipinski definition) is 5. The number of hydrogen-bond donors (Lipinski definition) is 3. The van der Waals surface area contributed by atoms with Crippen LogP contribution in [0.15, 0.2) is 29.0 Å². The lowest BCUT2D eigenvalue weighted by Gasteiger charge is -2.06. The molecule has 0 rings (SSSR count). The second-order valence-corrected chi connectivity index (χ2v) is 2.20. The highest BCUT2D eigenvalue weighted by Gasteiger charge is 2.18. The summed E-state index contributed by atoms with van der Waals surface area (Å²) in [7, 11) is 0.916. The molecule has 0 saturated heterocycles. The zero-order valence-corrected chi connectivity index (χ0v) is 8.10. The van der Waals surface area contributed by atoms with Gasteiger partial charge in [0.15, 0.2) is 0 Å². The number of nitrogens with zero attached hydrogens (tertiary/aromatic N) is 1. The molecular weight excluding hydrogens is 187 g/mol. The van der Waals surface area contributed by atoms with Gasteiger partial charge in [-0.1, -0.05) is 12.7 Å². The van der Waals surface area contributed by atoms with E-state index in [1.807, 2.05) is 0 Å². The van der Waals surface area contributed by atoms with Crippen LogP contribution < -0.4 is 5.73 Å². The van der Waals surface area contributed by atoms with E-state index in [2.05, 4.69) is 16.3 Å². The predicted octanol–water partition coefficient (Wildman–Crippen LogP) is -0.997. The average molecular weight is 200 g/mol. The van der Waals surface area contributed by atoms with Crippen LogP contribution in [0.4, 0.5) is 0 Å². The lowest BCUT2D eigenvalue weighted by molar-refractivity contribution is 0.279. The second-order valence-electron chi connectivity index (χ2n) is 2.20. The summed E-state index contributed by atoms with van der Waals surface area (Å²) in [4.78, 5) is 3.64. The van der Waals surface area contributed by atoms with E-state index in [9.17, 15) is 0 Å². The largest absolute Gasteiger partial charge is 0.493 e. The molecule has 0 aromatic carbocycles. The minimum absolute atomic E-state index is 0.00694. The van der Waals surface area contributed by atoms with E-state index >= 15 is 0 Å². The van der Waals surface area contributed by atoms with E-state index in [0.29, 0.717) is 0 Å². The summed E-state index contributed by atoms with van der Waals surface area (Å²) in [6, 6.07) is -0.151. The molecule has 0 aromatic rings. The molecule has 4 N–H and O–H groups in total. The first-order valence-corrected chi connectivity index (χ1v) is 3.71. The Kier molecular flexibility index (Phi) is 5.43. The number of allylic oxidation sites excluding steroid dienone is 2. The van der Waals surface area contributed by atoms with Crippen LogP contribution in [0, 0.1) is 0 Å². The van der Waals surface area contributed by atoms with Gasteiger partial charge in [-0.3, -0.25) is 0 Å². The van der Waals surface area contributed by atoms with Gasteiger partial charge in [-0.2, -0.15) is 4.99 Å². The number of nitrogens with two attached hydrogens (primary N) is 1. The molecule has 0 aliphatic rings. The van der Waals surface area contributed by atoms with E-state index in [-0.39, 0.29) is 17.4 Å². The van der Waals surface area contributed by atoms with Crippen molar-refractivity contribution in [2.75, 3.05) is 14.2 Å². The molecule has 0 heterocycles. The van der Waals surface area contributed by atoms with Gasteiger partial charge in [0.1, 0.15) is 0 Å². The molecule has 0 radical (unpaired) electrons. The average Bonchev–Trinajstić information content (AvgIpc) is 2.16. The van der Waals surface area contributed by atoms with Gasteiger partial charge in [-0.15, -0.1) is 0 Å². The van der Waals surface area contributed by atoms with Crippen molar-refractivity contribution in [3.63, 3.8) is 0 Å². The van der Waals surface area contributed by atoms with Crippen LogP contribution in [0.3, 0.4) is 0 Å². The van der Waals surface area contributed by atoms with Gasteiger partial charge >= 0.3 is 7.12 Å². The highest BCUT2D eigenvalue weighted by Crippen LogP contribution is 2.09. The van der Waals surface area contributed by atoms with Crippen LogP contribution in [0.1, 0.15) is 0 Å². The Morgan fingerprint density at radius 2 is 2.00 bits per heavy atom. The normalized spacial score (nSPS) is 13.0. The summed E-state index contributed by atoms with van der Waals surface area (Å²) < 4.78 is 9.35. The van der Waals surface area contributed by atoms with Gasteiger partial charge in [0.05, 0.1) is 14.2 Å². The molecule has 0 aliphatic heterocycles. The summed E-state index contributed by atoms with van der Waals surface area (Å²) >= 11 is 0. The van der Waals surface area contributed by atoms with Crippen molar-refractivity contribution >= 4 is 13.1 Å². The fraction of sp³-hybridized carbons (Fsp3) is 0.286. The van der Waals surface area contributed by atoms with Crippen molar-refractivity contribution in [2.45, 2.75) is 0 Å². The molecular formula is C7H13BN2O4. The zero-order valence-electron chi connectivity index (χ0n) is 8.10. The summed E-state index contributed by atoms with van der Waals surface area (Å²) in [5, 5.41) is 17.8. The molecule has 0 aliphatic carbocycles. The van der Waals surface area contributed by atoms with Crippen molar-refractivity contribution in [3.05, 3.63) is 24.0 Å². The maximum absolute atomic E-state index is 8.89. The van der Waals surface area contributed by atoms with Crippen LogP contribution in [0.5, 0.6) is 0 Å². The first-order chi connectivity index (χ1) is 6.56. The Hall–Kier alpha value is -1.47. The summed E-state index contributed by atoms with van der Waals surface area (Å²) in [6.45, 7) is 3.38.